The van der Waals surface area contributed by atoms with Gasteiger partial charge in [-0.1, -0.05) is 12.1 Å². The van der Waals surface area contributed by atoms with E-state index < -0.39 is 0 Å². The summed E-state index contributed by atoms with van der Waals surface area (Å²) in [5.74, 6) is 0.0514. The molecule has 0 aromatic heterocycles. The number of carbonyl (C=O) groups excluding carboxylic acids is 1. The summed E-state index contributed by atoms with van der Waals surface area (Å²) in [6.45, 7) is 7.11. The van der Waals surface area contributed by atoms with Crippen LogP contribution in [0.4, 0.5) is 0 Å². The van der Waals surface area contributed by atoms with Gasteiger partial charge in [0.15, 0.2) is 5.78 Å². The molecule has 1 aromatic carbocycles. The van der Waals surface area contributed by atoms with Crippen LogP contribution in [0.15, 0.2) is 18.2 Å². The first kappa shape index (κ1) is 15.2. The fraction of sp³-hybridized carbons (Fsp3) is 0.588. The van der Waals surface area contributed by atoms with E-state index in [0.717, 1.165) is 18.4 Å². The lowest BCUT2D eigenvalue weighted by Crippen LogP contribution is -2.22. The molecule has 0 atom stereocenters. The Balaban J connectivity index is 1.75. The summed E-state index contributed by atoms with van der Waals surface area (Å²) in [5, 5.41) is 0. The summed E-state index contributed by atoms with van der Waals surface area (Å²) in [4.78, 5) is 12.0. The van der Waals surface area contributed by atoms with Gasteiger partial charge in [0.1, 0.15) is 6.61 Å². The topological polar surface area (TPSA) is 35.5 Å². The molecule has 0 heterocycles. The fourth-order valence-electron chi connectivity index (χ4n) is 2.40. The van der Waals surface area contributed by atoms with Crippen molar-refractivity contribution in [2.75, 3.05) is 19.8 Å². The first-order valence-electron chi connectivity index (χ1n) is 7.32. The van der Waals surface area contributed by atoms with Crippen molar-refractivity contribution in [1.29, 1.82) is 0 Å². The Labute approximate surface area is 121 Å². The molecule has 0 fully saturated rings. The normalized spacial score (nSPS) is 14.3. The van der Waals surface area contributed by atoms with Crippen molar-refractivity contribution in [1.82, 2.24) is 0 Å². The van der Waals surface area contributed by atoms with E-state index in [1.807, 2.05) is 32.9 Å². The van der Waals surface area contributed by atoms with Crippen LogP contribution in [0.3, 0.4) is 0 Å². The van der Waals surface area contributed by atoms with Gasteiger partial charge in [-0.05, 0) is 57.2 Å². The third kappa shape index (κ3) is 4.43. The van der Waals surface area contributed by atoms with Gasteiger partial charge >= 0.3 is 0 Å². The zero-order valence-corrected chi connectivity index (χ0v) is 12.7. The Morgan fingerprint density at radius 2 is 1.90 bits per heavy atom. The molecule has 3 heteroatoms. The first-order valence-corrected chi connectivity index (χ1v) is 7.32. The molecule has 110 valence electrons. The third-order valence-electron chi connectivity index (χ3n) is 3.42. The Kier molecular flexibility index (Phi) is 4.95. The van der Waals surface area contributed by atoms with Crippen molar-refractivity contribution in [3.05, 3.63) is 34.9 Å². The highest BCUT2D eigenvalue weighted by atomic mass is 16.5. The zero-order chi connectivity index (χ0) is 14.6. The van der Waals surface area contributed by atoms with Crippen molar-refractivity contribution >= 4 is 5.78 Å². The van der Waals surface area contributed by atoms with Gasteiger partial charge in [0.05, 0.1) is 18.8 Å². The number of aryl methyl sites for hydroxylation is 2. The van der Waals surface area contributed by atoms with Crippen LogP contribution in [0.2, 0.25) is 0 Å². The minimum Gasteiger partial charge on any atom is -0.373 e. The molecule has 3 nitrogen and oxygen atoms in total. The van der Waals surface area contributed by atoms with Crippen LogP contribution in [0.25, 0.3) is 0 Å². The molecular formula is C17H24O3. The highest BCUT2D eigenvalue weighted by molar-refractivity contribution is 5.97. The number of ketones is 1. The molecule has 0 amide bonds. The van der Waals surface area contributed by atoms with Gasteiger partial charge < -0.3 is 9.47 Å². The number of ether oxygens (including phenoxy) is 2. The molecule has 0 saturated carbocycles. The van der Waals surface area contributed by atoms with E-state index in [9.17, 15) is 4.79 Å². The van der Waals surface area contributed by atoms with Gasteiger partial charge in [0, 0.05) is 5.56 Å². The van der Waals surface area contributed by atoms with Gasteiger partial charge in [0.2, 0.25) is 0 Å². The number of Topliss-reactive ketones (excluding diaryl/α,β-unsaturated/α-hetero) is 1. The summed E-state index contributed by atoms with van der Waals surface area (Å²) < 4.78 is 10.9. The van der Waals surface area contributed by atoms with Gasteiger partial charge in [-0.2, -0.15) is 0 Å². The SMILES string of the molecule is CC(C)(C)OCCOCC(=O)c1ccc2c(c1)CCC2. The minimum atomic E-state index is -0.159. The smallest absolute Gasteiger partial charge is 0.188 e. The van der Waals surface area contributed by atoms with Gasteiger partial charge in [-0.25, -0.2) is 0 Å². The number of rotatable bonds is 6. The van der Waals surface area contributed by atoms with Crippen molar-refractivity contribution in [2.24, 2.45) is 0 Å². The van der Waals surface area contributed by atoms with Crippen molar-refractivity contribution in [2.45, 2.75) is 45.6 Å². The molecule has 0 N–H and O–H groups in total. The second-order valence-corrected chi connectivity index (χ2v) is 6.27. The highest BCUT2D eigenvalue weighted by Crippen LogP contribution is 2.23. The molecule has 0 aliphatic heterocycles. The second kappa shape index (κ2) is 6.51. The van der Waals surface area contributed by atoms with Crippen molar-refractivity contribution < 1.29 is 14.3 Å². The van der Waals surface area contributed by atoms with Gasteiger partial charge in [-0.3, -0.25) is 4.79 Å². The summed E-state index contributed by atoms with van der Waals surface area (Å²) in [5.41, 5.74) is 3.32. The second-order valence-electron chi connectivity index (χ2n) is 6.27. The summed E-state index contributed by atoms with van der Waals surface area (Å²) in [7, 11) is 0. The van der Waals surface area contributed by atoms with Crippen molar-refractivity contribution in [3.8, 4) is 0 Å². The van der Waals surface area contributed by atoms with E-state index in [-0.39, 0.29) is 18.0 Å². The molecule has 20 heavy (non-hydrogen) atoms. The third-order valence-corrected chi connectivity index (χ3v) is 3.42. The molecule has 0 bridgehead atoms. The largest absolute Gasteiger partial charge is 0.373 e. The van der Waals surface area contributed by atoms with Crippen molar-refractivity contribution in [3.63, 3.8) is 0 Å². The Hall–Kier alpha value is -1.19. The maximum atomic E-state index is 12.0. The molecule has 1 aliphatic carbocycles. The number of benzene rings is 1. The van der Waals surface area contributed by atoms with E-state index in [4.69, 9.17) is 9.47 Å². The van der Waals surface area contributed by atoms with E-state index >= 15 is 0 Å². The maximum Gasteiger partial charge on any atom is 0.188 e. The standard InChI is InChI=1S/C17H24O3/c1-17(2,3)20-10-9-19-12-16(18)15-8-7-13-5-4-6-14(13)11-15/h7-8,11H,4-6,9-10,12H2,1-3H3. The summed E-state index contributed by atoms with van der Waals surface area (Å²) in [6, 6.07) is 6.03. The lowest BCUT2D eigenvalue weighted by Gasteiger charge is -2.19. The number of carbonyl (C=O) groups is 1. The Morgan fingerprint density at radius 1 is 1.15 bits per heavy atom. The van der Waals surface area contributed by atoms with E-state index in [1.54, 1.807) is 0 Å². The van der Waals surface area contributed by atoms with Gasteiger partial charge in [0.25, 0.3) is 0 Å². The molecule has 0 spiro atoms. The molecule has 1 aromatic rings. The zero-order valence-electron chi connectivity index (χ0n) is 12.7. The summed E-state index contributed by atoms with van der Waals surface area (Å²) >= 11 is 0. The minimum absolute atomic E-state index is 0.0514. The van der Waals surface area contributed by atoms with Crippen LogP contribution in [0, 0.1) is 0 Å². The van der Waals surface area contributed by atoms with E-state index in [2.05, 4.69) is 6.07 Å². The lowest BCUT2D eigenvalue weighted by atomic mass is 10.0. The predicted molar refractivity (Wildman–Crippen MR) is 79.3 cm³/mol. The molecule has 0 saturated heterocycles. The van der Waals surface area contributed by atoms with Crippen LogP contribution >= 0.6 is 0 Å². The quantitative estimate of drug-likeness (QED) is 0.591. The van der Waals surface area contributed by atoms with Crippen LogP contribution in [0.5, 0.6) is 0 Å². The van der Waals surface area contributed by atoms with E-state index in [1.165, 1.54) is 17.5 Å². The fourth-order valence-corrected chi connectivity index (χ4v) is 2.40. The molecule has 0 unspecified atom stereocenters. The van der Waals surface area contributed by atoms with Crippen LogP contribution in [-0.2, 0) is 22.3 Å². The summed E-state index contributed by atoms with van der Waals surface area (Å²) in [6.07, 6.45) is 3.44. The molecule has 2 rings (SSSR count). The average Bonchev–Trinajstić information content (AvgIpc) is 2.83. The number of hydrogen-bond donors (Lipinski definition) is 0. The molecule has 1 aliphatic rings. The first-order chi connectivity index (χ1) is 9.46. The highest BCUT2D eigenvalue weighted by Gasteiger charge is 2.14. The lowest BCUT2D eigenvalue weighted by molar-refractivity contribution is -0.0324. The van der Waals surface area contributed by atoms with E-state index in [0.29, 0.717) is 13.2 Å². The Morgan fingerprint density at radius 3 is 2.65 bits per heavy atom. The van der Waals surface area contributed by atoms with Crippen LogP contribution < -0.4 is 0 Å². The van der Waals surface area contributed by atoms with Gasteiger partial charge in [-0.15, -0.1) is 0 Å². The molecular weight excluding hydrogens is 252 g/mol. The molecule has 0 radical (unpaired) electrons. The maximum absolute atomic E-state index is 12.0. The monoisotopic (exact) mass is 276 g/mol. The Bertz CT molecular complexity index is 472. The number of fused-ring (bicyclic) bond motifs is 1. The number of hydrogen-bond acceptors (Lipinski definition) is 3. The predicted octanol–water partition coefficient (Wildman–Crippen LogP) is 3.19. The van der Waals surface area contributed by atoms with Crippen LogP contribution in [0.1, 0.15) is 48.7 Å². The van der Waals surface area contributed by atoms with Crippen LogP contribution in [-0.4, -0.2) is 31.2 Å². The average molecular weight is 276 g/mol.